The van der Waals surface area contributed by atoms with E-state index in [1.54, 1.807) is 16.3 Å². The maximum Gasteiger partial charge on any atom is 0.266 e. The SMILES string of the molecule is CC(C)c1ccccc1-n1c(SC[C@H]2CCOCO2)nc2ccccc2c1=O. The van der Waals surface area contributed by atoms with E-state index in [-0.39, 0.29) is 11.7 Å². The Kier molecular flexibility index (Phi) is 5.80. The Hall–Kier alpha value is -2.15. The maximum absolute atomic E-state index is 13.4. The van der Waals surface area contributed by atoms with Crippen LogP contribution in [0.4, 0.5) is 0 Å². The molecular weight excluding hydrogens is 372 g/mol. The Morgan fingerprint density at radius 1 is 1.18 bits per heavy atom. The van der Waals surface area contributed by atoms with Crippen LogP contribution in [0.1, 0.15) is 31.7 Å². The molecule has 0 unspecified atom stereocenters. The van der Waals surface area contributed by atoms with Gasteiger partial charge in [0.05, 0.1) is 29.3 Å². The summed E-state index contributed by atoms with van der Waals surface area (Å²) >= 11 is 1.57. The number of fused-ring (bicyclic) bond motifs is 1. The lowest BCUT2D eigenvalue weighted by Gasteiger charge is -2.23. The van der Waals surface area contributed by atoms with Gasteiger partial charge in [-0.25, -0.2) is 4.98 Å². The molecule has 0 radical (unpaired) electrons. The molecule has 4 rings (SSSR count). The van der Waals surface area contributed by atoms with Crippen LogP contribution in [0.5, 0.6) is 0 Å². The molecule has 28 heavy (non-hydrogen) atoms. The van der Waals surface area contributed by atoms with Gasteiger partial charge in [-0.15, -0.1) is 0 Å². The standard InChI is InChI=1S/C22H24N2O3S/c1-15(2)17-7-4-6-10-20(17)24-21(25)18-8-3-5-9-19(18)23-22(24)28-13-16-11-12-26-14-27-16/h3-10,15-16H,11-14H2,1-2H3/t16-/m1/s1. The van der Waals surface area contributed by atoms with Gasteiger partial charge in [0.2, 0.25) is 0 Å². The van der Waals surface area contributed by atoms with Crippen LogP contribution < -0.4 is 5.56 Å². The van der Waals surface area contributed by atoms with Gasteiger partial charge in [-0.2, -0.15) is 0 Å². The summed E-state index contributed by atoms with van der Waals surface area (Å²) < 4.78 is 12.7. The summed E-state index contributed by atoms with van der Waals surface area (Å²) in [6, 6.07) is 15.6. The first-order valence-corrected chi connectivity index (χ1v) is 10.6. The van der Waals surface area contributed by atoms with E-state index >= 15 is 0 Å². The van der Waals surface area contributed by atoms with Crippen molar-refractivity contribution < 1.29 is 9.47 Å². The van der Waals surface area contributed by atoms with Gasteiger partial charge in [-0.05, 0) is 36.1 Å². The molecule has 0 spiro atoms. The van der Waals surface area contributed by atoms with Crippen molar-refractivity contribution in [1.82, 2.24) is 9.55 Å². The minimum absolute atomic E-state index is 0.0332. The van der Waals surface area contributed by atoms with Gasteiger partial charge in [0.15, 0.2) is 5.16 Å². The summed E-state index contributed by atoms with van der Waals surface area (Å²) in [7, 11) is 0. The molecule has 2 heterocycles. The van der Waals surface area contributed by atoms with Gasteiger partial charge < -0.3 is 9.47 Å². The lowest BCUT2D eigenvalue weighted by molar-refractivity contribution is -0.130. The van der Waals surface area contributed by atoms with Gasteiger partial charge in [-0.1, -0.05) is 55.9 Å². The van der Waals surface area contributed by atoms with Crippen LogP contribution >= 0.6 is 11.8 Å². The number of ether oxygens (including phenoxy) is 2. The molecule has 1 aliphatic heterocycles. The van der Waals surface area contributed by atoms with Crippen LogP contribution in [0.2, 0.25) is 0 Å². The largest absolute Gasteiger partial charge is 0.355 e. The van der Waals surface area contributed by atoms with Crippen LogP contribution in [-0.2, 0) is 9.47 Å². The smallest absolute Gasteiger partial charge is 0.266 e. The number of hydrogen-bond acceptors (Lipinski definition) is 5. The summed E-state index contributed by atoms with van der Waals surface area (Å²) in [5.74, 6) is 1.03. The third-order valence-electron chi connectivity index (χ3n) is 4.91. The zero-order valence-electron chi connectivity index (χ0n) is 16.1. The van der Waals surface area contributed by atoms with Gasteiger partial charge in [0, 0.05) is 5.75 Å². The Balaban J connectivity index is 1.83. The molecular formula is C22H24N2O3S. The summed E-state index contributed by atoms with van der Waals surface area (Å²) in [6.07, 6.45) is 0.962. The average Bonchev–Trinajstić information content (AvgIpc) is 2.73. The highest BCUT2D eigenvalue weighted by Crippen LogP contribution is 2.28. The normalized spacial score (nSPS) is 17.3. The molecule has 6 heteroatoms. The van der Waals surface area contributed by atoms with Gasteiger partial charge in [-0.3, -0.25) is 9.36 Å². The highest BCUT2D eigenvalue weighted by molar-refractivity contribution is 7.99. The van der Waals surface area contributed by atoms with Crippen LogP contribution in [-0.4, -0.2) is 34.8 Å². The van der Waals surface area contributed by atoms with E-state index in [9.17, 15) is 4.79 Å². The second-order valence-corrected chi connectivity index (χ2v) is 8.17. The second-order valence-electron chi connectivity index (χ2n) is 7.18. The van der Waals surface area contributed by atoms with Crippen molar-refractivity contribution in [1.29, 1.82) is 0 Å². The van der Waals surface area contributed by atoms with E-state index in [2.05, 4.69) is 19.9 Å². The van der Waals surface area contributed by atoms with Crippen LogP contribution in [0.25, 0.3) is 16.6 Å². The lowest BCUT2D eigenvalue weighted by atomic mass is 10.0. The minimum Gasteiger partial charge on any atom is -0.355 e. The van der Waals surface area contributed by atoms with Gasteiger partial charge in [0.25, 0.3) is 5.56 Å². The fraction of sp³-hybridized carbons (Fsp3) is 0.364. The summed E-state index contributed by atoms with van der Waals surface area (Å²) in [5.41, 5.74) is 2.72. The van der Waals surface area contributed by atoms with Crippen molar-refractivity contribution in [3.05, 3.63) is 64.4 Å². The number of benzene rings is 2. The molecule has 0 N–H and O–H groups in total. The fourth-order valence-corrected chi connectivity index (χ4v) is 4.47. The number of hydrogen-bond donors (Lipinski definition) is 0. The van der Waals surface area contributed by atoms with Crippen LogP contribution in [0, 0.1) is 0 Å². The number of thioether (sulfide) groups is 1. The van der Waals surface area contributed by atoms with E-state index in [0.717, 1.165) is 28.9 Å². The van der Waals surface area contributed by atoms with Crippen molar-refractivity contribution in [2.45, 2.75) is 37.4 Å². The molecule has 5 nitrogen and oxygen atoms in total. The molecule has 1 fully saturated rings. The Labute approximate surface area is 168 Å². The quantitative estimate of drug-likeness (QED) is 0.474. The van der Waals surface area contributed by atoms with E-state index in [1.807, 2.05) is 42.5 Å². The number of para-hydroxylation sites is 2. The minimum atomic E-state index is -0.0332. The van der Waals surface area contributed by atoms with Crippen molar-refractivity contribution in [2.24, 2.45) is 0 Å². The predicted molar refractivity (Wildman–Crippen MR) is 112 cm³/mol. The number of aromatic nitrogens is 2. The maximum atomic E-state index is 13.4. The first-order valence-electron chi connectivity index (χ1n) is 9.58. The van der Waals surface area contributed by atoms with Crippen molar-refractivity contribution >= 4 is 22.7 Å². The number of nitrogens with zero attached hydrogens (tertiary/aromatic N) is 2. The summed E-state index contributed by atoms with van der Waals surface area (Å²) in [6.45, 7) is 5.32. The fourth-order valence-electron chi connectivity index (χ4n) is 3.40. The molecule has 2 aromatic carbocycles. The van der Waals surface area contributed by atoms with E-state index in [0.29, 0.717) is 29.9 Å². The monoisotopic (exact) mass is 396 g/mol. The average molecular weight is 397 g/mol. The highest BCUT2D eigenvalue weighted by atomic mass is 32.2. The van der Waals surface area contributed by atoms with Gasteiger partial charge >= 0.3 is 0 Å². The van der Waals surface area contributed by atoms with Crippen molar-refractivity contribution in [3.63, 3.8) is 0 Å². The third-order valence-corrected chi connectivity index (χ3v) is 5.98. The lowest BCUT2D eigenvalue weighted by Crippen LogP contribution is -2.27. The van der Waals surface area contributed by atoms with Crippen molar-refractivity contribution in [3.8, 4) is 5.69 Å². The summed E-state index contributed by atoms with van der Waals surface area (Å²) in [4.78, 5) is 18.3. The van der Waals surface area contributed by atoms with E-state index in [4.69, 9.17) is 14.5 Å². The molecule has 3 aromatic rings. The predicted octanol–water partition coefficient (Wildman–Crippen LogP) is 4.36. The zero-order chi connectivity index (χ0) is 19.5. The number of rotatable bonds is 5. The third kappa shape index (κ3) is 3.85. The molecule has 0 saturated carbocycles. The van der Waals surface area contributed by atoms with E-state index < -0.39 is 0 Å². The molecule has 1 aliphatic rings. The Bertz CT molecular complexity index is 1030. The summed E-state index contributed by atoms with van der Waals surface area (Å²) in [5, 5.41) is 1.33. The first kappa shape index (κ1) is 19.2. The van der Waals surface area contributed by atoms with Crippen molar-refractivity contribution in [2.75, 3.05) is 19.2 Å². The van der Waals surface area contributed by atoms with Crippen LogP contribution in [0.3, 0.4) is 0 Å². The molecule has 146 valence electrons. The molecule has 0 amide bonds. The molecule has 1 aromatic heterocycles. The molecule has 1 saturated heterocycles. The topological polar surface area (TPSA) is 53.4 Å². The molecule has 0 aliphatic carbocycles. The Morgan fingerprint density at radius 3 is 2.75 bits per heavy atom. The van der Waals surface area contributed by atoms with Crippen LogP contribution in [0.15, 0.2) is 58.5 Å². The highest BCUT2D eigenvalue weighted by Gasteiger charge is 2.20. The first-order chi connectivity index (χ1) is 13.6. The zero-order valence-corrected chi connectivity index (χ0v) is 16.9. The molecule has 0 bridgehead atoms. The van der Waals surface area contributed by atoms with Gasteiger partial charge in [0.1, 0.15) is 6.79 Å². The molecule has 1 atom stereocenters. The second kappa shape index (κ2) is 8.47. The Morgan fingerprint density at radius 2 is 1.96 bits per heavy atom. The van der Waals surface area contributed by atoms with E-state index in [1.165, 1.54) is 0 Å².